The molecule has 6 aliphatic heterocycles. The van der Waals surface area contributed by atoms with Crippen LogP contribution in [0.15, 0.2) is 0 Å². The Morgan fingerprint density at radius 3 is 0.891 bits per heavy atom. The highest BCUT2D eigenvalue weighted by molar-refractivity contribution is 5.20. The van der Waals surface area contributed by atoms with E-state index in [9.17, 15) is 0 Å². The molecule has 15 heteroatoms. The molecule has 0 aromatic heterocycles. The Morgan fingerprint density at radius 1 is 0.272 bits per heavy atom. The number of hydrogen-bond donors (Lipinski definition) is 9. The molecule has 14 rings (SSSR count). The van der Waals surface area contributed by atoms with E-state index in [4.69, 9.17) is 49.7 Å². The fraction of sp³-hybridized carbons (Fsp3) is 1.00. The molecular formula is C77H137N9O6. The normalized spacial score (nSPS) is 50.1. The fourth-order valence-corrected chi connectivity index (χ4v) is 24.9. The SMILES string of the molecule is CCCCOC1C2CCCCC2C(C)C2C3NC(NC4NC(NC5NC(NC6NC(N3)C3C(OCCCC)C7CCCCC7C(OCCCC)C63)C3C(C)C6CCCNC6C(OCCCC)C53)C3C(OCCCC)C5CC6CCCCC6CC5C(OCCCC)C43)C12. The van der Waals surface area contributed by atoms with Crippen molar-refractivity contribution in [3.63, 3.8) is 0 Å². The Morgan fingerprint density at radius 2 is 0.533 bits per heavy atom. The molecular weight excluding hydrogens is 1150 g/mol. The molecule has 34 atom stereocenters. The van der Waals surface area contributed by atoms with Gasteiger partial charge in [0, 0.05) is 81.2 Å². The Labute approximate surface area is 559 Å². The summed E-state index contributed by atoms with van der Waals surface area (Å²) in [6.07, 6.45) is 35.3. The molecule has 6 heterocycles. The van der Waals surface area contributed by atoms with Crippen LogP contribution in [0.3, 0.4) is 0 Å². The topological polar surface area (TPSA) is 164 Å². The Hall–Kier alpha value is -0.600. The van der Waals surface area contributed by atoms with Crippen molar-refractivity contribution in [3.8, 4) is 0 Å². The second-order valence-corrected chi connectivity index (χ2v) is 33.7. The monoisotopic (exact) mass is 1280 g/mol. The second-order valence-electron chi connectivity index (χ2n) is 33.7. The van der Waals surface area contributed by atoms with Gasteiger partial charge in [-0.1, -0.05) is 145 Å². The molecule has 8 saturated carbocycles. The molecule has 0 radical (unpaired) electrons. The van der Waals surface area contributed by atoms with E-state index < -0.39 is 0 Å². The van der Waals surface area contributed by atoms with Crippen molar-refractivity contribution in [1.29, 1.82) is 0 Å². The van der Waals surface area contributed by atoms with E-state index >= 15 is 0 Å². The molecule has 92 heavy (non-hydrogen) atoms. The zero-order valence-corrected chi connectivity index (χ0v) is 59.3. The van der Waals surface area contributed by atoms with Gasteiger partial charge in [0.1, 0.15) is 0 Å². The molecule has 8 bridgehead atoms. The van der Waals surface area contributed by atoms with Crippen LogP contribution in [-0.2, 0) is 28.4 Å². The third kappa shape index (κ3) is 13.3. The molecule has 9 N–H and O–H groups in total. The van der Waals surface area contributed by atoms with Crippen LogP contribution in [0.4, 0.5) is 0 Å². The lowest BCUT2D eigenvalue weighted by molar-refractivity contribution is -0.186. The highest BCUT2D eigenvalue weighted by Crippen LogP contribution is 2.60. The van der Waals surface area contributed by atoms with Crippen LogP contribution in [0.2, 0.25) is 0 Å². The van der Waals surface area contributed by atoms with Crippen LogP contribution in [-0.4, -0.2) is 138 Å². The minimum Gasteiger partial charge on any atom is -0.378 e. The summed E-state index contributed by atoms with van der Waals surface area (Å²) in [4.78, 5) is 0. The van der Waals surface area contributed by atoms with Crippen LogP contribution in [0, 0.1) is 112 Å². The largest absolute Gasteiger partial charge is 0.378 e. The Kier molecular flexibility index (Phi) is 23.5. The lowest BCUT2D eigenvalue weighted by Gasteiger charge is -2.56. The first-order valence-electron chi connectivity index (χ1n) is 40.8. The van der Waals surface area contributed by atoms with Crippen LogP contribution < -0.4 is 47.9 Å². The average Bonchev–Trinajstić information content (AvgIpc) is 1.53. The molecule has 526 valence electrons. The maximum atomic E-state index is 7.79. The zero-order valence-electron chi connectivity index (χ0n) is 59.3. The van der Waals surface area contributed by atoms with Crippen molar-refractivity contribution in [1.82, 2.24) is 47.9 Å². The Bertz CT molecular complexity index is 2130. The smallest absolute Gasteiger partial charge is 0.0790 e. The van der Waals surface area contributed by atoms with Gasteiger partial charge < -0.3 is 33.7 Å². The van der Waals surface area contributed by atoms with Crippen molar-refractivity contribution >= 4 is 0 Å². The minimum absolute atomic E-state index is 0.00614. The molecule has 14 fully saturated rings. The zero-order chi connectivity index (χ0) is 63.0. The number of ether oxygens (including phenoxy) is 6. The molecule has 34 unspecified atom stereocenters. The molecule has 8 aliphatic carbocycles. The summed E-state index contributed by atoms with van der Waals surface area (Å²) < 4.78 is 46.0. The molecule has 0 aromatic carbocycles. The molecule has 0 spiro atoms. The van der Waals surface area contributed by atoms with Gasteiger partial charge in [-0.25, -0.2) is 0 Å². The number of fused-ring (bicyclic) bond motifs is 25. The number of piperidine rings is 1. The third-order valence-electron chi connectivity index (χ3n) is 29.0. The summed E-state index contributed by atoms with van der Waals surface area (Å²) in [5, 5.41) is 41.8. The molecule has 15 nitrogen and oxygen atoms in total. The van der Waals surface area contributed by atoms with Crippen LogP contribution in [0.5, 0.6) is 0 Å². The maximum absolute atomic E-state index is 7.79. The van der Waals surface area contributed by atoms with Crippen molar-refractivity contribution in [2.24, 2.45) is 112 Å². The van der Waals surface area contributed by atoms with Gasteiger partial charge in [0.25, 0.3) is 0 Å². The fourth-order valence-electron chi connectivity index (χ4n) is 24.9. The second kappa shape index (κ2) is 31.5. The quantitative estimate of drug-likeness (QED) is 0.0419. The lowest BCUT2D eigenvalue weighted by atomic mass is 9.54. The van der Waals surface area contributed by atoms with Gasteiger partial charge in [0.05, 0.1) is 86.0 Å². The summed E-state index contributed by atoms with van der Waals surface area (Å²) in [6, 6.07) is 0.322. The van der Waals surface area contributed by atoms with Crippen molar-refractivity contribution in [2.45, 2.75) is 327 Å². The van der Waals surface area contributed by atoms with Gasteiger partial charge in [-0.2, -0.15) is 0 Å². The first-order chi connectivity index (χ1) is 45.3. The van der Waals surface area contributed by atoms with E-state index in [2.05, 4.69) is 82.0 Å². The molecule has 14 aliphatic rings. The highest BCUT2D eigenvalue weighted by atomic mass is 16.5. The number of rotatable bonds is 24. The van der Waals surface area contributed by atoms with Gasteiger partial charge in [-0.3, -0.25) is 42.5 Å². The summed E-state index contributed by atoms with van der Waals surface area (Å²) in [7, 11) is 0. The first-order valence-corrected chi connectivity index (χ1v) is 40.8. The van der Waals surface area contributed by atoms with E-state index in [0.29, 0.717) is 71.1 Å². The lowest BCUT2D eigenvalue weighted by Crippen LogP contribution is -2.66. The molecule has 0 amide bonds. The van der Waals surface area contributed by atoms with Crippen LogP contribution >= 0.6 is 0 Å². The predicted molar refractivity (Wildman–Crippen MR) is 367 cm³/mol. The average molecular weight is 1280 g/mol. The highest BCUT2D eigenvalue weighted by Gasteiger charge is 2.68. The van der Waals surface area contributed by atoms with Crippen molar-refractivity contribution in [2.75, 3.05) is 46.2 Å². The Balaban J connectivity index is 0.933. The standard InChI is InChI=1S/C77H137N9O6/c1-9-15-36-87-64-50-31-24-23-30-48(50)44(7)55-57(64)72-79-70(55)81-74-59-60(66(89-38-17-11-3)52-33-26-25-32-51(52)65(59)88-37-16-10-2)75(85-74)82-71-56-45(8)49-34-27-35-78-63(49)69(92-41-20-14-6)58(56)73(80-71)84-77-62-61(76(83-72)86-77)67(90-39-18-12-4)53-42-46-28-21-22-29-47(46)43-54(53)68(62)91-40-19-13-5/h44-86H,9-43H2,1-8H3. The summed E-state index contributed by atoms with van der Waals surface area (Å²) in [5.74, 6) is 8.35. The summed E-state index contributed by atoms with van der Waals surface area (Å²) >= 11 is 0. The van der Waals surface area contributed by atoms with E-state index in [1.807, 2.05) is 0 Å². The van der Waals surface area contributed by atoms with E-state index in [1.54, 1.807) is 0 Å². The molecule has 6 saturated heterocycles. The third-order valence-corrected chi connectivity index (χ3v) is 29.0. The van der Waals surface area contributed by atoms with E-state index in [-0.39, 0.29) is 121 Å². The first kappa shape index (κ1) is 68.5. The summed E-state index contributed by atoms with van der Waals surface area (Å²) in [5.41, 5.74) is 0. The van der Waals surface area contributed by atoms with Gasteiger partial charge in [0.15, 0.2) is 0 Å². The summed E-state index contributed by atoms with van der Waals surface area (Å²) in [6.45, 7) is 25.5. The van der Waals surface area contributed by atoms with Crippen LogP contribution in [0.25, 0.3) is 0 Å². The van der Waals surface area contributed by atoms with Gasteiger partial charge in [-0.15, -0.1) is 0 Å². The molecule has 0 aromatic rings. The number of hydrogen-bond acceptors (Lipinski definition) is 15. The number of unbranched alkanes of at least 4 members (excludes halogenated alkanes) is 6. The van der Waals surface area contributed by atoms with Gasteiger partial charge >= 0.3 is 0 Å². The van der Waals surface area contributed by atoms with E-state index in [1.165, 1.54) is 103 Å². The minimum atomic E-state index is -0.0204. The number of nitrogens with one attached hydrogen (secondary N) is 9. The van der Waals surface area contributed by atoms with Crippen LogP contribution in [0.1, 0.15) is 235 Å². The van der Waals surface area contributed by atoms with Crippen molar-refractivity contribution in [3.05, 3.63) is 0 Å². The van der Waals surface area contributed by atoms with Crippen molar-refractivity contribution < 1.29 is 28.4 Å². The van der Waals surface area contributed by atoms with Gasteiger partial charge in [0.2, 0.25) is 0 Å². The maximum Gasteiger partial charge on any atom is 0.0790 e. The predicted octanol–water partition coefficient (Wildman–Crippen LogP) is 11.6. The van der Waals surface area contributed by atoms with E-state index in [0.717, 1.165) is 135 Å². The van der Waals surface area contributed by atoms with Gasteiger partial charge in [-0.05, 0) is 173 Å².